The van der Waals surface area contributed by atoms with Crippen LogP contribution in [0.15, 0.2) is 75.4 Å². The number of halogens is 2. The molecule has 0 bridgehead atoms. The molecule has 2 aliphatic carbocycles. The second kappa shape index (κ2) is 20.3. The molecule has 6 aromatic rings. The van der Waals surface area contributed by atoms with Crippen LogP contribution in [0.4, 0.5) is 4.39 Å². The molecule has 382 valence electrons. The summed E-state index contributed by atoms with van der Waals surface area (Å²) in [5, 5.41) is 28.8. The van der Waals surface area contributed by atoms with E-state index >= 15 is 0 Å². The van der Waals surface area contributed by atoms with Crippen molar-refractivity contribution in [1.82, 2.24) is 39.4 Å². The Labute approximate surface area is 431 Å². The van der Waals surface area contributed by atoms with Crippen LogP contribution in [0.3, 0.4) is 0 Å². The molecule has 1 unspecified atom stereocenters. The number of piperidine rings is 1. The number of carbonyl (C=O) groups excluding carboxylic acids is 3. The number of aromatic nitrogens is 4. The molecule has 2 saturated carbocycles. The summed E-state index contributed by atoms with van der Waals surface area (Å²) < 4.78 is 20.0. The fraction of sp³-hybridized carbons (Fsp3) is 0.527. The fourth-order valence-electron chi connectivity index (χ4n) is 11.5. The molecule has 0 spiro atoms. The van der Waals surface area contributed by atoms with E-state index in [9.17, 15) is 33.8 Å². The van der Waals surface area contributed by atoms with Gasteiger partial charge in [-0.05, 0) is 146 Å². The standard InChI is InChI=1S/C55H66BrFN8O6S/c1-32-47(72-31-58-32)35-14-12-34(13-15-35)41(59-49(68)45-29-39(67)30-63(45)51(70)48(54(2,3)4)60-52(71)55(57)23-24-55)18-17-38(66)22-27-62-25-20-33(21-26-62)36-16-19-42-44(28-36)64(37-8-5-6-9-37)53-61-50(69)46-40(56)10-7-11-43(46)65(42)53/h7,10-16,19,28,31,33,37-39,41,45,48,66-67H,5-6,8-9,17-18,20-27,29-30H2,1-4H3,(H,59,68)(H,60,71)/t38?,39-,41+,45+,48-/m1/s1. The number of imidazole rings is 1. The molecule has 17 heteroatoms. The van der Waals surface area contributed by atoms with Gasteiger partial charge in [0.2, 0.25) is 17.6 Å². The highest BCUT2D eigenvalue weighted by molar-refractivity contribution is 9.10. The summed E-state index contributed by atoms with van der Waals surface area (Å²) in [6, 6.07) is 18.3. The molecular formula is C55H66BrFN8O6S. The Bertz CT molecular complexity index is 3060. The lowest BCUT2D eigenvalue weighted by Gasteiger charge is -2.36. The topological polar surface area (TPSA) is 174 Å². The summed E-state index contributed by atoms with van der Waals surface area (Å²) in [6.07, 6.45) is 6.45. The first-order valence-electron chi connectivity index (χ1n) is 25.8. The molecule has 5 atom stereocenters. The smallest absolute Gasteiger partial charge is 0.283 e. The van der Waals surface area contributed by atoms with Gasteiger partial charge in [0.1, 0.15) is 12.1 Å². The Balaban J connectivity index is 0.801. The van der Waals surface area contributed by atoms with E-state index in [1.807, 2.05) is 54.9 Å². The van der Waals surface area contributed by atoms with E-state index < -0.39 is 59.1 Å². The summed E-state index contributed by atoms with van der Waals surface area (Å²) in [5.74, 6) is -0.734. The average molecular weight is 1070 g/mol. The zero-order chi connectivity index (χ0) is 50.6. The van der Waals surface area contributed by atoms with Crippen LogP contribution < -0.4 is 16.2 Å². The molecular weight excluding hydrogens is 1000 g/mol. The van der Waals surface area contributed by atoms with Crippen LogP contribution in [0.5, 0.6) is 0 Å². The van der Waals surface area contributed by atoms with Gasteiger partial charge < -0.3 is 35.2 Å². The first-order chi connectivity index (χ1) is 34.5. The maximum Gasteiger partial charge on any atom is 0.283 e. The van der Waals surface area contributed by atoms with Crippen molar-refractivity contribution in [3.8, 4) is 10.4 Å². The zero-order valence-electron chi connectivity index (χ0n) is 41.6. The number of nitrogens with zero attached hydrogens (tertiary/aromatic N) is 6. The highest BCUT2D eigenvalue weighted by Crippen LogP contribution is 2.41. The van der Waals surface area contributed by atoms with Gasteiger partial charge in [-0.25, -0.2) is 9.37 Å². The minimum absolute atomic E-state index is 0.0142. The number of rotatable bonds is 15. The molecule has 5 heterocycles. The molecule has 4 aliphatic rings. The maximum atomic E-state index is 14.8. The minimum Gasteiger partial charge on any atom is -0.393 e. The Morgan fingerprint density at radius 2 is 1.68 bits per heavy atom. The fourth-order valence-corrected chi connectivity index (χ4v) is 12.8. The van der Waals surface area contributed by atoms with Crippen LogP contribution in [0.2, 0.25) is 0 Å². The third kappa shape index (κ3) is 10.1. The highest BCUT2D eigenvalue weighted by Gasteiger charge is 2.53. The second-order valence-corrected chi connectivity index (χ2v) is 23.7. The van der Waals surface area contributed by atoms with Gasteiger partial charge in [-0.3, -0.25) is 23.6 Å². The van der Waals surface area contributed by atoms with Crippen LogP contribution in [0, 0.1) is 12.3 Å². The summed E-state index contributed by atoms with van der Waals surface area (Å²) in [7, 11) is 0. The van der Waals surface area contributed by atoms with Gasteiger partial charge >= 0.3 is 0 Å². The third-order valence-corrected chi connectivity index (χ3v) is 17.5. The van der Waals surface area contributed by atoms with Crippen molar-refractivity contribution in [3.63, 3.8) is 0 Å². The number of likely N-dealkylation sites (tertiary alicyclic amines) is 2. The Morgan fingerprint density at radius 1 is 0.944 bits per heavy atom. The van der Waals surface area contributed by atoms with E-state index in [1.54, 1.807) is 32.1 Å². The van der Waals surface area contributed by atoms with Crippen molar-refractivity contribution in [2.45, 2.75) is 153 Å². The summed E-state index contributed by atoms with van der Waals surface area (Å²) in [6.45, 7) is 9.74. The quantitative estimate of drug-likeness (QED) is 0.0785. The predicted molar refractivity (Wildman–Crippen MR) is 282 cm³/mol. The molecule has 3 aromatic heterocycles. The molecule has 72 heavy (non-hydrogen) atoms. The number of alkyl halides is 1. The molecule has 3 aromatic carbocycles. The van der Waals surface area contributed by atoms with Crippen molar-refractivity contribution in [2.24, 2.45) is 5.41 Å². The number of nitrogens with one attached hydrogen (secondary N) is 2. The number of aryl methyl sites for hydroxylation is 1. The van der Waals surface area contributed by atoms with Crippen molar-refractivity contribution in [2.75, 3.05) is 26.2 Å². The number of hydrogen-bond donors (Lipinski definition) is 4. The van der Waals surface area contributed by atoms with Gasteiger partial charge in [-0.15, -0.1) is 11.3 Å². The van der Waals surface area contributed by atoms with E-state index in [0.29, 0.717) is 42.4 Å². The molecule has 2 saturated heterocycles. The van der Waals surface area contributed by atoms with Crippen molar-refractivity contribution < 1.29 is 29.0 Å². The summed E-state index contributed by atoms with van der Waals surface area (Å²) >= 11 is 5.16. The lowest BCUT2D eigenvalue weighted by molar-refractivity contribution is -0.145. The highest BCUT2D eigenvalue weighted by atomic mass is 79.9. The number of aliphatic hydroxyl groups excluding tert-OH is 2. The van der Waals surface area contributed by atoms with Crippen LogP contribution in [-0.4, -0.2) is 113 Å². The maximum absolute atomic E-state index is 14.8. The van der Waals surface area contributed by atoms with E-state index in [1.165, 1.54) is 10.5 Å². The molecule has 14 nitrogen and oxygen atoms in total. The monoisotopic (exact) mass is 1060 g/mol. The number of fused-ring (bicyclic) bond motifs is 5. The average Bonchev–Trinajstić information content (AvgIpc) is 3.81. The number of benzene rings is 3. The Morgan fingerprint density at radius 3 is 2.36 bits per heavy atom. The third-order valence-electron chi connectivity index (χ3n) is 15.9. The lowest BCUT2D eigenvalue weighted by atomic mass is 9.85. The lowest BCUT2D eigenvalue weighted by Crippen LogP contribution is -2.59. The first-order valence-corrected chi connectivity index (χ1v) is 27.5. The van der Waals surface area contributed by atoms with Gasteiger partial charge in [0.15, 0.2) is 5.67 Å². The van der Waals surface area contributed by atoms with E-state index in [4.69, 9.17) is 4.98 Å². The van der Waals surface area contributed by atoms with Gasteiger partial charge in [0.05, 0.1) is 56.3 Å². The van der Waals surface area contributed by atoms with Gasteiger partial charge in [-0.1, -0.05) is 70.0 Å². The molecule has 10 rings (SSSR count). The largest absolute Gasteiger partial charge is 0.393 e. The van der Waals surface area contributed by atoms with Gasteiger partial charge in [0, 0.05) is 30.0 Å². The van der Waals surface area contributed by atoms with Crippen LogP contribution in [-0.2, 0) is 14.4 Å². The predicted octanol–water partition coefficient (Wildman–Crippen LogP) is 8.67. The van der Waals surface area contributed by atoms with Crippen molar-refractivity contribution in [1.29, 1.82) is 0 Å². The number of β-amino-alcohol motifs (C(OH)–C–C–N with tert-alkyl or cyclic N) is 1. The Kier molecular flexibility index (Phi) is 14.2. The Hall–Kier alpha value is -5.07. The number of thiazole rings is 1. The zero-order valence-corrected chi connectivity index (χ0v) is 44.0. The van der Waals surface area contributed by atoms with Gasteiger partial charge in [0.25, 0.3) is 11.5 Å². The number of hydrogen-bond acceptors (Lipinski definition) is 10. The number of amides is 3. The minimum atomic E-state index is -1.98. The van der Waals surface area contributed by atoms with Crippen molar-refractivity contribution in [3.05, 3.63) is 97.8 Å². The molecule has 4 N–H and O–H groups in total. The SMILES string of the molecule is Cc1ncsc1-c1ccc([C@H](CCC(O)CCN2CCC(c3ccc4c(c3)n(C3CCCC3)c3nc(=O)c5c(Br)cccc5n43)CC2)NC(=O)[C@@H]2C[C@@H](O)CN2C(=O)[C@@H](NC(=O)C2(F)CC2)C(C)(C)C)cc1. The van der Waals surface area contributed by atoms with Gasteiger partial charge in [-0.2, -0.15) is 4.98 Å². The number of aliphatic hydroxyl groups is 2. The van der Waals surface area contributed by atoms with Crippen molar-refractivity contribution >= 4 is 72.7 Å². The summed E-state index contributed by atoms with van der Waals surface area (Å²) in [4.78, 5) is 68.8. The number of carbonyl (C=O) groups is 3. The summed E-state index contributed by atoms with van der Waals surface area (Å²) in [5.41, 5.74) is 5.91. The molecule has 3 amide bonds. The molecule has 2 aliphatic heterocycles. The molecule has 4 fully saturated rings. The van der Waals surface area contributed by atoms with Crippen LogP contribution >= 0.6 is 27.3 Å². The first kappa shape index (κ1) is 50.5. The van der Waals surface area contributed by atoms with E-state index in [0.717, 1.165) is 101 Å². The second-order valence-electron chi connectivity index (χ2n) is 22.0. The molecule has 0 radical (unpaired) electrons. The van der Waals surface area contributed by atoms with Crippen LogP contribution in [0.1, 0.15) is 133 Å². The van der Waals surface area contributed by atoms with E-state index in [2.05, 4.69) is 63.6 Å². The van der Waals surface area contributed by atoms with Crippen LogP contribution in [0.25, 0.3) is 38.2 Å². The van der Waals surface area contributed by atoms with E-state index in [-0.39, 0.29) is 31.4 Å². The normalized spacial score (nSPS) is 21.1.